The fourth-order valence-electron chi connectivity index (χ4n) is 0.973. The zero-order valence-corrected chi connectivity index (χ0v) is 12.8. The van der Waals surface area contributed by atoms with Crippen LogP contribution >= 0.6 is 0 Å². The molecule has 0 aliphatic carbocycles. The van der Waals surface area contributed by atoms with Crippen molar-refractivity contribution in [3.05, 3.63) is 0 Å². The van der Waals surface area contributed by atoms with E-state index in [-0.39, 0.29) is 6.61 Å². The lowest BCUT2D eigenvalue weighted by atomic mass is 10.4. The fraction of sp³-hybridized carbons (Fsp3) is 1.00. The van der Waals surface area contributed by atoms with Gasteiger partial charge in [0.15, 0.2) is 0 Å². The van der Waals surface area contributed by atoms with E-state index < -0.39 is 0 Å². The van der Waals surface area contributed by atoms with Crippen molar-refractivity contribution in [3.8, 4) is 0 Å². The second kappa shape index (κ2) is 16.8. The lowest BCUT2D eigenvalue weighted by molar-refractivity contribution is 0.0198. The highest BCUT2D eigenvalue weighted by atomic mass is 16.5. The van der Waals surface area contributed by atoms with Gasteiger partial charge in [-0.25, -0.2) is 0 Å². The molecule has 0 radical (unpaired) electrons. The molecular weight excluding hydrogens is 232 g/mol. The summed E-state index contributed by atoms with van der Waals surface area (Å²) >= 11 is 0. The zero-order chi connectivity index (χ0) is 14.2. The number of rotatable bonds is 10. The van der Waals surface area contributed by atoms with E-state index in [1.807, 2.05) is 27.7 Å². The molecule has 0 aromatic rings. The zero-order valence-electron chi connectivity index (χ0n) is 12.8. The second-order valence-corrected chi connectivity index (χ2v) is 4.53. The van der Waals surface area contributed by atoms with Gasteiger partial charge in [0.2, 0.25) is 0 Å². The third-order valence-electron chi connectivity index (χ3n) is 1.78. The first-order chi connectivity index (χ1) is 8.54. The van der Waals surface area contributed by atoms with Crippen LogP contribution in [0, 0.1) is 0 Å². The van der Waals surface area contributed by atoms with Crippen molar-refractivity contribution in [2.75, 3.05) is 33.0 Å². The van der Waals surface area contributed by atoms with Crippen molar-refractivity contribution in [1.82, 2.24) is 0 Å². The molecule has 112 valence electrons. The molecule has 0 bridgehead atoms. The van der Waals surface area contributed by atoms with Gasteiger partial charge in [-0.2, -0.15) is 0 Å². The van der Waals surface area contributed by atoms with Crippen LogP contribution in [-0.2, 0) is 14.2 Å². The third-order valence-corrected chi connectivity index (χ3v) is 1.78. The SMILES string of the molecule is CC(C)OCCCO.CCCOCCOC(C)C. The minimum absolute atomic E-state index is 0.229. The van der Waals surface area contributed by atoms with Crippen LogP contribution in [0.15, 0.2) is 0 Å². The highest BCUT2D eigenvalue weighted by molar-refractivity contribution is 4.37. The van der Waals surface area contributed by atoms with Crippen LogP contribution in [-0.4, -0.2) is 50.3 Å². The van der Waals surface area contributed by atoms with E-state index in [0.29, 0.717) is 18.8 Å². The van der Waals surface area contributed by atoms with Crippen LogP contribution in [0.2, 0.25) is 0 Å². The Labute approximate surface area is 113 Å². The number of aliphatic hydroxyl groups is 1. The van der Waals surface area contributed by atoms with Gasteiger partial charge in [-0.05, 0) is 40.5 Å². The molecule has 0 atom stereocenters. The summed E-state index contributed by atoms with van der Waals surface area (Å²) in [7, 11) is 0. The molecule has 0 aromatic carbocycles. The molecule has 0 aliphatic rings. The highest BCUT2D eigenvalue weighted by Gasteiger charge is 1.91. The summed E-state index contributed by atoms with van der Waals surface area (Å²) in [5, 5.41) is 8.30. The first kappa shape index (κ1) is 20.2. The Morgan fingerprint density at radius 1 is 0.833 bits per heavy atom. The Kier molecular flexibility index (Phi) is 18.9. The van der Waals surface area contributed by atoms with Crippen molar-refractivity contribution in [1.29, 1.82) is 0 Å². The predicted octanol–water partition coefficient (Wildman–Crippen LogP) is 2.63. The second-order valence-electron chi connectivity index (χ2n) is 4.53. The van der Waals surface area contributed by atoms with Gasteiger partial charge in [0, 0.05) is 19.8 Å². The first-order valence-electron chi connectivity index (χ1n) is 6.96. The van der Waals surface area contributed by atoms with Gasteiger partial charge < -0.3 is 19.3 Å². The van der Waals surface area contributed by atoms with Crippen LogP contribution in [0.3, 0.4) is 0 Å². The van der Waals surface area contributed by atoms with Crippen molar-refractivity contribution in [2.45, 2.75) is 59.7 Å². The summed E-state index contributed by atoms with van der Waals surface area (Å²) in [4.78, 5) is 0. The van der Waals surface area contributed by atoms with Crippen LogP contribution in [0.1, 0.15) is 47.5 Å². The van der Waals surface area contributed by atoms with Crippen molar-refractivity contribution >= 4 is 0 Å². The molecule has 4 nitrogen and oxygen atoms in total. The van der Waals surface area contributed by atoms with E-state index in [2.05, 4.69) is 6.92 Å². The van der Waals surface area contributed by atoms with Gasteiger partial charge in [0.25, 0.3) is 0 Å². The van der Waals surface area contributed by atoms with E-state index in [1.165, 1.54) is 0 Å². The maximum atomic E-state index is 8.30. The minimum atomic E-state index is 0.229. The third kappa shape index (κ3) is 24.9. The number of ether oxygens (including phenoxy) is 3. The number of hydrogen-bond acceptors (Lipinski definition) is 4. The quantitative estimate of drug-likeness (QED) is 0.616. The predicted molar refractivity (Wildman–Crippen MR) is 75.0 cm³/mol. The van der Waals surface area contributed by atoms with Crippen molar-refractivity contribution in [2.24, 2.45) is 0 Å². The minimum Gasteiger partial charge on any atom is -0.396 e. The Bertz CT molecular complexity index is 138. The lowest BCUT2D eigenvalue weighted by Gasteiger charge is -2.06. The van der Waals surface area contributed by atoms with E-state index in [9.17, 15) is 0 Å². The molecule has 0 saturated carbocycles. The Morgan fingerprint density at radius 3 is 1.83 bits per heavy atom. The summed E-state index contributed by atoms with van der Waals surface area (Å²) in [5.74, 6) is 0. The molecule has 1 N–H and O–H groups in total. The molecule has 0 fully saturated rings. The number of aliphatic hydroxyl groups excluding tert-OH is 1. The Hall–Kier alpha value is -0.160. The van der Waals surface area contributed by atoms with Crippen LogP contribution < -0.4 is 0 Å². The van der Waals surface area contributed by atoms with Crippen LogP contribution in [0.4, 0.5) is 0 Å². The van der Waals surface area contributed by atoms with E-state index in [0.717, 1.165) is 32.7 Å². The Balaban J connectivity index is 0. The van der Waals surface area contributed by atoms with Gasteiger partial charge in [-0.15, -0.1) is 0 Å². The molecule has 0 heterocycles. The van der Waals surface area contributed by atoms with Gasteiger partial charge >= 0.3 is 0 Å². The summed E-state index contributed by atoms with van der Waals surface area (Å²) in [6, 6.07) is 0. The topological polar surface area (TPSA) is 47.9 Å². The Morgan fingerprint density at radius 2 is 1.39 bits per heavy atom. The van der Waals surface area contributed by atoms with E-state index >= 15 is 0 Å². The summed E-state index contributed by atoms with van der Waals surface area (Å²) in [5.41, 5.74) is 0. The largest absolute Gasteiger partial charge is 0.396 e. The van der Waals surface area contributed by atoms with Crippen molar-refractivity contribution < 1.29 is 19.3 Å². The normalized spacial score (nSPS) is 10.7. The van der Waals surface area contributed by atoms with Crippen LogP contribution in [0.25, 0.3) is 0 Å². The molecule has 0 saturated heterocycles. The average molecular weight is 264 g/mol. The molecule has 0 spiro atoms. The fourth-order valence-corrected chi connectivity index (χ4v) is 0.973. The lowest BCUT2D eigenvalue weighted by Crippen LogP contribution is -2.09. The summed E-state index contributed by atoms with van der Waals surface area (Å²) in [6.45, 7) is 13.3. The van der Waals surface area contributed by atoms with E-state index in [1.54, 1.807) is 0 Å². The molecule has 0 unspecified atom stereocenters. The molecule has 0 amide bonds. The summed E-state index contributed by atoms with van der Waals surface area (Å²) < 4.78 is 15.6. The highest BCUT2D eigenvalue weighted by Crippen LogP contribution is 1.88. The molecular formula is C14H32O4. The maximum Gasteiger partial charge on any atom is 0.0703 e. The van der Waals surface area contributed by atoms with Gasteiger partial charge in [-0.1, -0.05) is 6.92 Å². The van der Waals surface area contributed by atoms with Gasteiger partial charge in [-0.3, -0.25) is 0 Å². The first-order valence-corrected chi connectivity index (χ1v) is 6.96. The standard InChI is InChI=1S/C8H18O2.C6H14O2/c1-4-5-9-6-7-10-8(2)3;1-6(2)8-5-3-4-7/h8H,4-7H2,1-3H3;6-7H,3-5H2,1-2H3. The molecule has 0 aromatic heterocycles. The average Bonchev–Trinajstić information content (AvgIpc) is 2.29. The van der Waals surface area contributed by atoms with Gasteiger partial charge in [0.05, 0.1) is 25.4 Å². The smallest absolute Gasteiger partial charge is 0.0703 e. The molecule has 0 aliphatic heterocycles. The summed E-state index contributed by atoms with van der Waals surface area (Å²) in [6.07, 6.45) is 2.45. The van der Waals surface area contributed by atoms with E-state index in [4.69, 9.17) is 19.3 Å². The molecule has 4 heteroatoms. The molecule has 18 heavy (non-hydrogen) atoms. The van der Waals surface area contributed by atoms with Crippen LogP contribution in [0.5, 0.6) is 0 Å². The molecule has 0 rings (SSSR count). The number of hydrogen-bond donors (Lipinski definition) is 1. The monoisotopic (exact) mass is 264 g/mol. The van der Waals surface area contributed by atoms with Crippen molar-refractivity contribution in [3.63, 3.8) is 0 Å². The van der Waals surface area contributed by atoms with Gasteiger partial charge in [0.1, 0.15) is 0 Å². The maximum absolute atomic E-state index is 8.30.